The third-order valence-corrected chi connectivity index (χ3v) is 16.4. The number of nitrogens with one attached hydrogen (secondary N) is 8. The van der Waals surface area contributed by atoms with Crippen LogP contribution in [-0.2, 0) is 38.1 Å². The highest BCUT2D eigenvalue weighted by Crippen LogP contribution is 2.30. The number of rotatable bonds is 16. The molecule has 0 fully saturated rings. The van der Waals surface area contributed by atoms with Crippen LogP contribution in [0.2, 0.25) is 0 Å². The van der Waals surface area contributed by atoms with E-state index in [-0.39, 0.29) is 49.6 Å². The van der Waals surface area contributed by atoms with Crippen molar-refractivity contribution in [2.24, 2.45) is 0 Å². The maximum Gasteiger partial charge on any atom is 0.305 e. The first kappa shape index (κ1) is 55.9. The van der Waals surface area contributed by atoms with Crippen molar-refractivity contribution in [2.45, 2.75) is 51.4 Å². The van der Waals surface area contributed by atoms with Gasteiger partial charge in [0.1, 0.15) is 0 Å². The van der Waals surface area contributed by atoms with Crippen molar-refractivity contribution in [3.63, 3.8) is 0 Å². The molecule has 20 nitrogen and oxygen atoms in total. The lowest BCUT2D eigenvalue weighted by Gasteiger charge is -2.12. The number of fused-ring (bicyclic) bond motifs is 16. The molecule has 1 aromatic carbocycles. The van der Waals surface area contributed by atoms with E-state index < -0.39 is 0 Å². The van der Waals surface area contributed by atoms with Crippen molar-refractivity contribution in [3.8, 4) is 0 Å². The molecule has 10 aromatic heterocycles. The summed E-state index contributed by atoms with van der Waals surface area (Å²) in [5.74, 6) is -1.35. The lowest BCUT2D eigenvalue weighted by Crippen LogP contribution is -2.20. The third kappa shape index (κ3) is 10.9. The number of esters is 4. The van der Waals surface area contributed by atoms with Crippen LogP contribution in [0.25, 0.3) is 44.8 Å². The molecular formula is C68H62N12O8. The summed E-state index contributed by atoms with van der Waals surface area (Å²) in [7, 11) is 5.58. The number of hydrogen-bond acceptors (Lipinski definition) is 10. The van der Waals surface area contributed by atoms with Crippen LogP contribution in [0.4, 0.5) is 0 Å². The zero-order chi connectivity index (χ0) is 60.4. The number of nitrogens with zero attached hydrogens (tertiary/aromatic N) is 4. The molecule has 0 unspecified atom stereocenters. The first-order valence-corrected chi connectivity index (χ1v) is 28.9. The summed E-state index contributed by atoms with van der Waals surface area (Å²) in [6, 6.07) is 40.9. The van der Waals surface area contributed by atoms with E-state index in [1.54, 1.807) is 25.0 Å². The lowest BCUT2D eigenvalue weighted by molar-refractivity contribution is -0.141. The Kier molecular flexibility index (Phi) is 15.2. The molecule has 0 saturated heterocycles. The van der Waals surface area contributed by atoms with Gasteiger partial charge in [-0.25, -0.2) is 9.97 Å². The minimum absolute atomic E-state index is 0.133. The fourth-order valence-corrected chi connectivity index (χ4v) is 12.1. The summed E-state index contributed by atoms with van der Waals surface area (Å²) in [5, 5.41) is 6.34. The summed E-state index contributed by atoms with van der Waals surface area (Å²) in [6.07, 6.45) is 12.7. The van der Waals surface area contributed by atoms with Crippen molar-refractivity contribution in [1.82, 2.24) is 59.0 Å². The summed E-state index contributed by atoms with van der Waals surface area (Å²) < 4.78 is 24.6. The van der Waals surface area contributed by atoms with E-state index in [0.717, 1.165) is 144 Å². The van der Waals surface area contributed by atoms with E-state index in [2.05, 4.69) is 92.3 Å². The van der Waals surface area contributed by atoms with Gasteiger partial charge in [0.2, 0.25) is 0 Å². The SMILES string of the molecule is COC(=O)CCC1=c2ccc([nH]2)=C(c2cccc(C3=c4ccc([nH]4)=C(CCC(=O)OC)c4ccc([nH]4)C(n4ccnc4)=c4ccc([nH]4)=C(CCC(=O)OC)c4ccc3[nH]4)c2)c2ccc([nH]2)C(CCC(=O)OC)=c2ccc([nH]2)=C(n2ccnc2)c2ccc1[nH]2. The number of aromatic amines is 8. The average molecular weight is 1180 g/mol. The number of ether oxygens (including phenoxy) is 4. The van der Waals surface area contributed by atoms with E-state index in [1.165, 1.54) is 28.4 Å². The molecule has 16 bridgehead atoms. The van der Waals surface area contributed by atoms with Gasteiger partial charge in [-0.15, -0.1) is 0 Å². The minimum Gasteiger partial charge on any atom is -0.469 e. The molecular weight excluding hydrogens is 1110 g/mol. The summed E-state index contributed by atoms with van der Waals surface area (Å²) >= 11 is 0. The molecule has 2 aliphatic heterocycles. The Balaban J connectivity index is 1.06. The molecule has 88 heavy (non-hydrogen) atoms. The minimum atomic E-state index is -0.337. The first-order valence-electron chi connectivity index (χ1n) is 28.9. The van der Waals surface area contributed by atoms with E-state index in [0.29, 0.717) is 25.7 Å². The normalized spacial score (nSPS) is 13.1. The molecule has 8 N–H and O–H groups in total. The monoisotopic (exact) mass is 1170 g/mol. The van der Waals surface area contributed by atoms with Gasteiger partial charge in [0, 0.05) is 128 Å². The highest BCUT2D eigenvalue weighted by Gasteiger charge is 2.22. The molecule has 13 rings (SSSR count). The number of aromatic nitrogens is 12. The van der Waals surface area contributed by atoms with Crippen molar-refractivity contribution < 1.29 is 38.1 Å². The Labute approximate surface area is 501 Å². The van der Waals surface area contributed by atoms with Gasteiger partial charge in [0.15, 0.2) is 0 Å². The molecule has 0 spiro atoms. The quantitative estimate of drug-likeness (QED) is 0.0512. The van der Waals surface area contributed by atoms with Crippen molar-refractivity contribution in [1.29, 1.82) is 0 Å². The van der Waals surface area contributed by atoms with Gasteiger partial charge < -0.3 is 68.0 Å². The van der Waals surface area contributed by atoms with Gasteiger partial charge >= 0.3 is 23.9 Å². The number of H-pyrrole nitrogens is 8. The second-order valence-electron chi connectivity index (χ2n) is 21.5. The summed E-state index contributed by atoms with van der Waals surface area (Å²) in [4.78, 5) is 90.5. The molecule has 0 radical (unpaired) electrons. The number of carbonyl (C=O) groups excluding carboxylic acids is 4. The van der Waals surface area contributed by atoms with E-state index in [9.17, 15) is 19.2 Å². The van der Waals surface area contributed by atoms with Crippen molar-refractivity contribution >= 4 is 68.7 Å². The van der Waals surface area contributed by atoms with E-state index >= 15 is 0 Å². The predicted octanol–water partition coefficient (Wildman–Crippen LogP) is 3.84. The topological polar surface area (TPSA) is 267 Å². The third-order valence-electron chi connectivity index (χ3n) is 16.4. The number of hydrogen-bond donors (Lipinski definition) is 8. The van der Waals surface area contributed by atoms with Crippen LogP contribution in [0, 0.1) is 0 Å². The number of imidazole rings is 2. The highest BCUT2D eigenvalue weighted by atomic mass is 16.5. The Morgan fingerprint density at radius 3 is 0.977 bits per heavy atom. The molecule has 442 valence electrons. The summed E-state index contributed by atoms with van der Waals surface area (Å²) in [6.45, 7) is 0. The Hall–Kier alpha value is -11.3. The zero-order valence-electron chi connectivity index (χ0n) is 48.7. The van der Waals surface area contributed by atoms with Gasteiger partial charge in [-0.05, 0) is 162 Å². The van der Waals surface area contributed by atoms with E-state index in [4.69, 9.17) is 18.9 Å². The van der Waals surface area contributed by atoms with Crippen LogP contribution in [0.1, 0.15) is 108 Å². The van der Waals surface area contributed by atoms with Crippen LogP contribution >= 0.6 is 0 Å². The van der Waals surface area contributed by atoms with Crippen LogP contribution < -0.4 is 42.8 Å². The number of benzene rings is 1. The molecule has 12 heterocycles. The highest BCUT2D eigenvalue weighted by molar-refractivity contribution is 5.85. The Morgan fingerprint density at radius 2 is 0.648 bits per heavy atom. The van der Waals surface area contributed by atoms with Crippen LogP contribution in [0.3, 0.4) is 0 Å². The van der Waals surface area contributed by atoms with Crippen molar-refractivity contribution in [2.75, 3.05) is 28.4 Å². The van der Waals surface area contributed by atoms with Crippen molar-refractivity contribution in [3.05, 3.63) is 258 Å². The summed E-state index contributed by atoms with van der Waals surface area (Å²) in [5.41, 5.74) is 14.8. The first-order chi connectivity index (χ1) is 43.0. The largest absolute Gasteiger partial charge is 0.469 e. The second kappa shape index (κ2) is 24.0. The van der Waals surface area contributed by atoms with Crippen LogP contribution in [0.5, 0.6) is 0 Å². The smallest absolute Gasteiger partial charge is 0.305 e. The Bertz CT molecular complexity index is 4720. The number of carbonyl (C=O) groups is 4. The maximum atomic E-state index is 12.9. The molecule has 0 atom stereocenters. The van der Waals surface area contributed by atoms with E-state index in [1.807, 2.05) is 100 Å². The number of methoxy groups -OCH3 is 4. The van der Waals surface area contributed by atoms with Crippen LogP contribution in [-0.4, -0.2) is 111 Å². The standard InChI is InChI=1S/C68H62N12O8/c1-85-61(81)28-8-41-45-12-20-53(71-45)65(54-21-13-46(72-54)42(9-29-62(82)86-2)50-17-25-58(76-50)67(79-34-32-69-37-79)57-24-16-49(41)75-57)39-6-5-7-40(36-39)66-55-22-14-47(73-55)43(10-30-63(83)87-3)51-18-26-59(77-51)68(80-35-33-70-38-80)60-27-19-52(78-60)44(11-31-64(84)88-4)48-15-23-56(66)74-48/h5-7,12-27,32-38,71-78H,8-11,28-31H2,1-4H3. The van der Waals surface area contributed by atoms with Crippen LogP contribution in [0.15, 0.2) is 159 Å². The molecule has 11 aromatic rings. The molecule has 0 aliphatic carbocycles. The molecule has 0 saturated carbocycles. The predicted molar refractivity (Wildman–Crippen MR) is 328 cm³/mol. The zero-order valence-corrected chi connectivity index (χ0v) is 48.7. The molecule has 20 heteroatoms. The van der Waals surface area contributed by atoms with Gasteiger partial charge in [-0.3, -0.25) is 19.2 Å². The molecule has 0 amide bonds. The van der Waals surface area contributed by atoms with Gasteiger partial charge in [0.05, 0.1) is 74.6 Å². The van der Waals surface area contributed by atoms with Gasteiger partial charge in [-0.1, -0.05) is 18.2 Å². The van der Waals surface area contributed by atoms with Gasteiger partial charge in [-0.2, -0.15) is 0 Å². The van der Waals surface area contributed by atoms with Gasteiger partial charge in [0.25, 0.3) is 0 Å². The fourth-order valence-electron chi connectivity index (χ4n) is 12.1. The maximum absolute atomic E-state index is 12.9. The lowest BCUT2D eigenvalue weighted by atomic mass is 9.95. The Morgan fingerprint density at radius 1 is 0.352 bits per heavy atom. The second-order valence-corrected chi connectivity index (χ2v) is 21.5. The molecule has 2 aliphatic rings. The fraction of sp³-hybridized carbons (Fsp3) is 0.176. The average Bonchev–Trinajstić information content (AvgIpc) is 3.38.